The van der Waals surface area contributed by atoms with Crippen LogP contribution >= 0.6 is 0 Å². The second-order valence-electron chi connectivity index (χ2n) is 7.95. The van der Waals surface area contributed by atoms with E-state index in [0.29, 0.717) is 40.0 Å². The Morgan fingerprint density at radius 1 is 0.967 bits per heavy atom. The molecule has 0 unspecified atom stereocenters. The quantitative estimate of drug-likeness (QED) is 0.417. The molecule has 0 aliphatic heterocycles. The minimum absolute atomic E-state index is 0.0743. The number of aromatic amines is 1. The van der Waals surface area contributed by atoms with E-state index < -0.39 is 0 Å². The Kier molecular flexibility index (Phi) is 4.69. The molecule has 1 saturated carbocycles. The van der Waals surface area contributed by atoms with Gasteiger partial charge in [0.05, 0.1) is 21.8 Å². The predicted molar refractivity (Wildman–Crippen MR) is 115 cm³/mol. The first-order chi connectivity index (χ1) is 14.7. The second kappa shape index (κ2) is 7.51. The summed E-state index contributed by atoms with van der Waals surface area (Å²) in [6, 6.07) is 5.54. The van der Waals surface area contributed by atoms with Crippen LogP contribution in [0.1, 0.15) is 57.3 Å². The first kappa shape index (κ1) is 18.7. The molecule has 0 aromatic carbocycles. The lowest BCUT2D eigenvalue weighted by molar-refractivity contribution is 0.434. The molecule has 4 heterocycles. The van der Waals surface area contributed by atoms with Crippen LogP contribution in [0, 0.1) is 0 Å². The summed E-state index contributed by atoms with van der Waals surface area (Å²) in [5.74, 6) is 1.00. The molecule has 0 radical (unpaired) electrons. The number of aromatic nitrogens is 6. The Balaban J connectivity index is 1.67. The molecule has 0 bridgehead atoms. The summed E-state index contributed by atoms with van der Waals surface area (Å²) >= 11 is 0. The molecule has 8 heteroatoms. The topological polar surface area (TPSA) is 98.5 Å². The summed E-state index contributed by atoms with van der Waals surface area (Å²) < 4.78 is 3.23. The number of pyridine rings is 3. The zero-order valence-electron chi connectivity index (χ0n) is 17.0. The number of nitrogens with zero attached hydrogens (tertiary/aromatic N) is 5. The average Bonchev–Trinajstić information content (AvgIpc) is 3.08. The molecule has 1 aliphatic carbocycles. The van der Waals surface area contributed by atoms with E-state index in [9.17, 15) is 9.59 Å². The molecule has 8 nitrogen and oxygen atoms in total. The van der Waals surface area contributed by atoms with Gasteiger partial charge in [-0.3, -0.25) is 14.7 Å². The maximum absolute atomic E-state index is 13.3. The lowest BCUT2D eigenvalue weighted by Crippen LogP contribution is -2.25. The third-order valence-corrected chi connectivity index (χ3v) is 6.06. The molecule has 4 aromatic rings. The summed E-state index contributed by atoms with van der Waals surface area (Å²) in [6.45, 7) is 1.96. The van der Waals surface area contributed by atoms with E-state index in [4.69, 9.17) is 0 Å². The Hall–Kier alpha value is -3.29. The first-order valence-electron chi connectivity index (χ1n) is 10.6. The van der Waals surface area contributed by atoms with Gasteiger partial charge >= 0.3 is 0 Å². The van der Waals surface area contributed by atoms with Crippen molar-refractivity contribution in [1.82, 2.24) is 29.3 Å². The molecule has 0 saturated heterocycles. The maximum atomic E-state index is 13.3. The number of fused-ring (bicyclic) bond motifs is 2. The Morgan fingerprint density at radius 3 is 2.37 bits per heavy atom. The molecule has 0 atom stereocenters. The highest BCUT2D eigenvalue weighted by Gasteiger charge is 2.18. The van der Waals surface area contributed by atoms with Crippen LogP contribution in [0.2, 0.25) is 0 Å². The van der Waals surface area contributed by atoms with E-state index in [1.165, 1.54) is 17.4 Å². The largest absolute Gasteiger partial charge is 0.312 e. The Morgan fingerprint density at radius 2 is 1.67 bits per heavy atom. The van der Waals surface area contributed by atoms with Crippen molar-refractivity contribution in [3.8, 4) is 5.95 Å². The van der Waals surface area contributed by atoms with Crippen LogP contribution in [0.25, 0.3) is 27.8 Å². The number of hydrogen-bond acceptors (Lipinski definition) is 5. The first-order valence-corrected chi connectivity index (χ1v) is 10.6. The molecule has 30 heavy (non-hydrogen) atoms. The average molecular weight is 404 g/mol. The Bertz CT molecular complexity index is 1340. The molecule has 1 aliphatic rings. The van der Waals surface area contributed by atoms with Gasteiger partial charge in [-0.05, 0) is 31.0 Å². The van der Waals surface area contributed by atoms with Crippen molar-refractivity contribution >= 4 is 21.8 Å². The van der Waals surface area contributed by atoms with Crippen molar-refractivity contribution in [2.45, 2.75) is 57.9 Å². The molecule has 0 amide bonds. The third-order valence-electron chi connectivity index (χ3n) is 6.06. The van der Waals surface area contributed by atoms with Crippen LogP contribution in [0.15, 0.2) is 40.2 Å². The zero-order valence-corrected chi connectivity index (χ0v) is 17.0. The summed E-state index contributed by atoms with van der Waals surface area (Å²) in [5.41, 5.74) is 0.810. The maximum Gasteiger partial charge on any atom is 0.267 e. The van der Waals surface area contributed by atoms with Crippen LogP contribution in [-0.2, 0) is 6.42 Å². The smallest absolute Gasteiger partial charge is 0.267 e. The van der Waals surface area contributed by atoms with E-state index in [1.807, 2.05) is 23.8 Å². The molecular formula is C22H24N6O2. The number of aryl methyl sites for hydroxylation is 1. The molecule has 1 N–H and O–H groups in total. The van der Waals surface area contributed by atoms with Crippen LogP contribution in [-0.4, -0.2) is 29.3 Å². The standard InChI is InChI=1S/C22H24N6O2/c1-2-19-24-22(26-25-19)28-12-10-18-16(21(28)30)13-15-17(23-18)9-11-27(20(15)29)14-7-5-3-4-6-8-14/h9-14H,2-8H2,1H3,(H,24,25,26). The van der Waals surface area contributed by atoms with E-state index in [2.05, 4.69) is 20.2 Å². The van der Waals surface area contributed by atoms with E-state index in [1.54, 1.807) is 18.3 Å². The van der Waals surface area contributed by atoms with E-state index in [0.717, 1.165) is 25.7 Å². The number of nitrogens with one attached hydrogen (secondary N) is 1. The van der Waals surface area contributed by atoms with Gasteiger partial charge in [0.15, 0.2) is 0 Å². The molecule has 1 fully saturated rings. The van der Waals surface area contributed by atoms with Gasteiger partial charge in [-0.1, -0.05) is 32.6 Å². The van der Waals surface area contributed by atoms with Crippen molar-refractivity contribution in [3.05, 3.63) is 57.1 Å². The van der Waals surface area contributed by atoms with Gasteiger partial charge in [0.2, 0.25) is 0 Å². The highest BCUT2D eigenvalue weighted by Crippen LogP contribution is 2.26. The fourth-order valence-corrected chi connectivity index (χ4v) is 4.37. The lowest BCUT2D eigenvalue weighted by atomic mass is 10.1. The zero-order chi connectivity index (χ0) is 20.7. The molecule has 5 rings (SSSR count). The van der Waals surface area contributed by atoms with Gasteiger partial charge < -0.3 is 4.57 Å². The van der Waals surface area contributed by atoms with Gasteiger partial charge in [0, 0.05) is 24.9 Å². The molecule has 154 valence electrons. The number of rotatable bonds is 3. The SMILES string of the molecule is CCc1nc(-n2ccc3nc4ccn(C5CCCCCC5)c(=O)c4cc3c2=O)n[nH]1. The fourth-order valence-electron chi connectivity index (χ4n) is 4.37. The highest BCUT2D eigenvalue weighted by molar-refractivity contribution is 5.91. The lowest BCUT2D eigenvalue weighted by Gasteiger charge is -2.18. The van der Waals surface area contributed by atoms with Crippen molar-refractivity contribution < 1.29 is 0 Å². The number of hydrogen-bond donors (Lipinski definition) is 1. The summed E-state index contributed by atoms with van der Waals surface area (Å²) in [5, 5.41) is 7.83. The molecular weight excluding hydrogens is 380 g/mol. The van der Waals surface area contributed by atoms with Crippen molar-refractivity contribution in [3.63, 3.8) is 0 Å². The summed E-state index contributed by atoms with van der Waals surface area (Å²) in [6.07, 6.45) is 11.0. The van der Waals surface area contributed by atoms with Crippen LogP contribution in [0.4, 0.5) is 0 Å². The molecule has 4 aromatic heterocycles. The minimum Gasteiger partial charge on any atom is -0.312 e. The van der Waals surface area contributed by atoms with Crippen molar-refractivity contribution in [1.29, 1.82) is 0 Å². The normalized spacial score (nSPS) is 15.6. The second-order valence-corrected chi connectivity index (χ2v) is 7.95. The fraction of sp³-hybridized carbons (Fsp3) is 0.409. The van der Waals surface area contributed by atoms with Gasteiger partial charge in [-0.25, -0.2) is 9.55 Å². The van der Waals surface area contributed by atoms with E-state index in [-0.39, 0.29) is 17.2 Å². The van der Waals surface area contributed by atoms with Gasteiger partial charge in [-0.15, -0.1) is 5.10 Å². The van der Waals surface area contributed by atoms with Gasteiger partial charge in [0.25, 0.3) is 17.1 Å². The molecule has 0 spiro atoms. The third kappa shape index (κ3) is 3.12. The summed E-state index contributed by atoms with van der Waals surface area (Å²) in [4.78, 5) is 35.3. The Labute approximate surface area is 172 Å². The van der Waals surface area contributed by atoms with Crippen LogP contribution < -0.4 is 11.1 Å². The minimum atomic E-state index is -0.284. The number of H-pyrrole nitrogens is 1. The summed E-state index contributed by atoms with van der Waals surface area (Å²) in [7, 11) is 0. The van der Waals surface area contributed by atoms with Crippen molar-refractivity contribution in [2.24, 2.45) is 0 Å². The van der Waals surface area contributed by atoms with Crippen molar-refractivity contribution in [2.75, 3.05) is 0 Å². The van der Waals surface area contributed by atoms with Crippen LogP contribution in [0.3, 0.4) is 0 Å². The highest BCUT2D eigenvalue weighted by atomic mass is 16.1. The monoisotopic (exact) mass is 404 g/mol. The van der Waals surface area contributed by atoms with Gasteiger partial charge in [-0.2, -0.15) is 4.98 Å². The van der Waals surface area contributed by atoms with Gasteiger partial charge in [0.1, 0.15) is 5.82 Å². The van der Waals surface area contributed by atoms with Crippen LogP contribution in [0.5, 0.6) is 0 Å². The predicted octanol–water partition coefficient (Wildman–Crippen LogP) is 3.28. The van der Waals surface area contributed by atoms with E-state index >= 15 is 0 Å².